The fourth-order valence-electron chi connectivity index (χ4n) is 2.95. The Kier molecular flexibility index (Phi) is 2.89. The number of hydrogen-bond acceptors (Lipinski definition) is 2. The van der Waals surface area contributed by atoms with Gasteiger partial charge in [0.15, 0.2) is 0 Å². The molecule has 1 aliphatic carbocycles. The lowest BCUT2D eigenvalue weighted by Gasteiger charge is -2.29. The second-order valence-electron chi connectivity index (χ2n) is 4.80. The van der Waals surface area contributed by atoms with Crippen LogP contribution >= 0.6 is 0 Å². The van der Waals surface area contributed by atoms with Crippen molar-refractivity contribution in [2.45, 2.75) is 38.6 Å². The highest BCUT2D eigenvalue weighted by atomic mass is 15.2. The summed E-state index contributed by atoms with van der Waals surface area (Å²) in [6.07, 6.45) is 5.65. The van der Waals surface area contributed by atoms with Gasteiger partial charge in [-0.1, -0.05) is 13.3 Å². The van der Waals surface area contributed by atoms with Crippen LogP contribution in [-0.2, 0) is 0 Å². The Hall–Kier alpha value is -0.0800. The van der Waals surface area contributed by atoms with Crippen LogP contribution < -0.4 is 5.73 Å². The molecule has 1 saturated carbocycles. The van der Waals surface area contributed by atoms with Crippen LogP contribution in [0.25, 0.3) is 0 Å². The average Bonchev–Trinajstić information content (AvgIpc) is 2.75. The number of hydrogen-bond donors (Lipinski definition) is 1. The molecule has 2 aliphatic rings. The van der Waals surface area contributed by atoms with Gasteiger partial charge in [-0.3, -0.25) is 4.90 Å². The predicted molar refractivity (Wildman–Crippen MR) is 55.5 cm³/mol. The number of nitrogens with zero attached hydrogens (tertiary/aromatic N) is 1. The second kappa shape index (κ2) is 3.97. The van der Waals surface area contributed by atoms with Crippen molar-refractivity contribution in [1.29, 1.82) is 0 Å². The van der Waals surface area contributed by atoms with Crippen molar-refractivity contribution in [3.63, 3.8) is 0 Å². The molecule has 13 heavy (non-hydrogen) atoms. The summed E-state index contributed by atoms with van der Waals surface area (Å²) in [6.45, 7) is 5.74. The maximum Gasteiger partial charge on any atom is 0.00987 e. The van der Waals surface area contributed by atoms with Gasteiger partial charge in [0.25, 0.3) is 0 Å². The fraction of sp³-hybridized carbons (Fsp3) is 1.00. The zero-order valence-corrected chi connectivity index (χ0v) is 8.71. The molecule has 0 amide bonds. The first-order valence-corrected chi connectivity index (χ1v) is 5.77. The predicted octanol–water partition coefficient (Wildman–Crippen LogP) is 1.46. The molecular formula is C11H22N2. The summed E-state index contributed by atoms with van der Waals surface area (Å²) in [6, 6.07) is 0.922. The van der Waals surface area contributed by atoms with Gasteiger partial charge in [0, 0.05) is 19.1 Å². The first kappa shape index (κ1) is 9.47. The van der Waals surface area contributed by atoms with Crippen molar-refractivity contribution < 1.29 is 0 Å². The van der Waals surface area contributed by atoms with Gasteiger partial charge >= 0.3 is 0 Å². The van der Waals surface area contributed by atoms with Crippen LogP contribution in [-0.4, -0.2) is 30.6 Å². The zero-order chi connectivity index (χ0) is 9.26. The lowest BCUT2D eigenvalue weighted by Crippen LogP contribution is -2.38. The normalized spacial score (nSPS) is 35.5. The number of rotatable bonds is 4. The molecule has 2 rings (SSSR count). The summed E-state index contributed by atoms with van der Waals surface area (Å²) < 4.78 is 0. The molecule has 0 aromatic rings. The first-order chi connectivity index (χ1) is 6.33. The summed E-state index contributed by atoms with van der Waals surface area (Å²) in [7, 11) is 0. The van der Waals surface area contributed by atoms with E-state index in [0.717, 1.165) is 24.4 Å². The highest BCUT2D eigenvalue weighted by molar-refractivity contribution is 4.92. The van der Waals surface area contributed by atoms with Crippen LogP contribution in [0.15, 0.2) is 0 Å². The van der Waals surface area contributed by atoms with Gasteiger partial charge in [-0.15, -0.1) is 0 Å². The summed E-state index contributed by atoms with van der Waals surface area (Å²) in [5.41, 5.74) is 5.73. The Bertz CT molecular complexity index is 165. The molecule has 2 nitrogen and oxygen atoms in total. The van der Waals surface area contributed by atoms with Crippen LogP contribution in [0.3, 0.4) is 0 Å². The highest BCUT2D eigenvalue weighted by Gasteiger charge is 2.37. The first-order valence-electron chi connectivity index (χ1n) is 5.77. The lowest BCUT2D eigenvalue weighted by atomic mass is 10.0. The van der Waals surface area contributed by atoms with E-state index in [4.69, 9.17) is 5.73 Å². The van der Waals surface area contributed by atoms with E-state index in [1.54, 1.807) is 0 Å². The van der Waals surface area contributed by atoms with E-state index in [1.165, 1.54) is 38.8 Å². The van der Waals surface area contributed by atoms with E-state index in [0.29, 0.717) is 0 Å². The van der Waals surface area contributed by atoms with Gasteiger partial charge in [0.1, 0.15) is 0 Å². The SMILES string of the molecule is CCC(CN)CN1CC2CCC1C2. The third kappa shape index (κ3) is 1.89. The Morgan fingerprint density at radius 1 is 1.46 bits per heavy atom. The number of piperidine rings is 1. The van der Waals surface area contributed by atoms with Crippen molar-refractivity contribution in [1.82, 2.24) is 4.90 Å². The molecule has 2 fully saturated rings. The Balaban J connectivity index is 1.82. The van der Waals surface area contributed by atoms with Crippen LogP contribution in [0.2, 0.25) is 0 Å². The van der Waals surface area contributed by atoms with Crippen LogP contribution in [0.1, 0.15) is 32.6 Å². The molecular weight excluding hydrogens is 160 g/mol. The van der Waals surface area contributed by atoms with Gasteiger partial charge in [-0.25, -0.2) is 0 Å². The van der Waals surface area contributed by atoms with Crippen molar-refractivity contribution in [2.24, 2.45) is 17.6 Å². The van der Waals surface area contributed by atoms with E-state index < -0.39 is 0 Å². The molecule has 1 aliphatic heterocycles. The van der Waals surface area contributed by atoms with Crippen molar-refractivity contribution in [3.05, 3.63) is 0 Å². The molecule has 1 saturated heterocycles. The lowest BCUT2D eigenvalue weighted by molar-refractivity contribution is 0.181. The molecule has 0 aromatic heterocycles. The fourth-order valence-corrected chi connectivity index (χ4v) is 2.95. The van der Waals surface area contributed by atoms with Crippen molar-refractivity contribution >= 4 is 0 Å². The quantitative estimate of drug-likeness (QED) is 0.713. The summed E-state index contributed by atoms with van der Waals surface area (Å²) >= 11 is 0. The summed E-state index contributed by atoms with van der Waals surface area (Å²) in [5.74, 6) is 1.76. The maximum absolute atomic E-state index is 5.73. The Labute approximate surface area is 81.5 Å². The molecule has 0 spiro atoms. The van der Waals surface area contributed by atoms with E-state index in [2.05, 4.69) is 11.8 Å². The monoisotopic (exact) mass is 182 g/mol. The molecule has 2 heteroatoms. The molecule has 2 bridgehead atoms. The second-order valence-corrected chi connectivity index (χ2v) is 4.80. The van der Waals surface area contributed by atoms with Gasteiger partial charge < -0.3 is 5.73 Å². The van der Waals surface area contributed by atoms with E-state index in [-0.39, 0.29) is 0 Å². The van der Waals surface area contributed by atoms with Crippen LogP contribution in [0.5, 0.6) is 0 Å². The molecule has 1 heterocycles. The van der Waals surface area contributed by atoms with E-state index in [1.807, 2.05) is 0 Å². The van der Waals surface area contributed by atoms with Gasteiger partial charge in [-0.05, 0) is 37.6 Å². The Morgan fingerprint density at radius 2 is 2.31 bits per heavy atom. The minimum atomic E-state index is 0.736. The number of fused-ring (bicyclic) bond motifs is 2. The molecule has 0 aromatic carbocycles. The van der Waals surface area contributed by atoms with Gasteiger partial charge in [0.05, 0.1) is 0 Å². The molecule has 3 unspecified atom stereocenters. The average molecular weight is 182 g/mol. The van der Waals surface area contributed by atoms with E-state index >= 15 is 0 Å². The third-order valence-corrected chi connectivity index (χ3v) is 3.93. The standard InChI is InChI=1S/C11H22N2/c1-2-9(6-12)7-13-8-10-3-4-11(13)5-10/h9-11H,2-8,12H2,1H3. The van der Waals surface area contributed by atoms with Gasteiger partial charge in [-0.2, -0.15) is 0 Å². The highest BCUT2D eigenvalue weighted by Crippen LogP contribution is 2.37. The third-order valence-electron chi connectivity index (χ3n) is 3.93. The van der Waals surface area contributed by atoms with Crippen molar-refractivity contribution in [3.8, 4) is 0 Å². The Morgan fingerprint density at radius 3 is 2.77 bits per heavy atom. The molecule has 76 valence electrons. The molecule has 0 radical (unpaired) electrons. The minimum Gasteiger partial charge on any atom is -0.330 e. The van der Waals surface area contributed by atoms with Crippen LogP contribution in [0.4, 0.5) is 0 Å². The largest absolute Gasteiger partial charge is 0.330 e. The minimum absolute atomic E-state index is 0.736. The smallest absolute Gasteiger partial charge is 0.00987 e. The summed E-state index contributed by atoms with van der Waals surface area (Å²) in [5, 5.41) is 0. The topological polar surface area (TPSA) is 29.3 Å². The zero-order valence-electron chi connectivity index (χ0n) is 8.71. The molecule has 2 N–H and O–H groups in total. The van der Waals surface area contributed by atoms with E-state index in [9.17, 15) is 0 Å². The van der Waals surface area contributed by atoms with Gasteiger partial charge in [0.2, 0.25) is 0 Å². The molecule has 3 atom stereocenters. The van der Waals surface area contributed by atoms with Crippen LogP contribution in [0, 0.1) is 11.8 Å². The maximum atomic E-state index is 5.73. The summed E-state index contributed by atoms with van der Waals surface area (Å²) in [4.78, 5) is 2.69. The van der Waals surface area contributed by atoms with Crippen molar-refractivity contribution in [2.75, 3.05) is 19.6 Å². The number of nitrogens with two attached hydrogens (primary N) is 1. The number of likely N-dealkylation sites (tertiary alicyclic amines) is 1.